The average molecular weight is 300 g/mol. The second kappa shape index (κ2) is 8.39. The molecule has 22 heavy (non-hydrogen) atoms. The zero-order valence-corrected chi connectivity index (χ0v) is 13.3. The Kier molecular flexibility index (Phi) is 6.22. The first-order valence-electron chi connectivity index (χ1n) is 7.77. The van der Waals surface area contributed by atoms with Crippen molar-refractivity contribution in [1.82, 2.24) is 5.32 Å². The number of rotatable bonds is 7. The van der Waals surface area contributed by atoms with E-state index >= 15 is 0 Å². The first-order chi connectivity index (χ1) is 10.7. The third kappa shape index (κ3) is 5.04. The summed E-state index contributed by atoms with van der Waals surface area (Å²) in [5, 5.41) is 7.91. The highest BCUT2D eigenvalue weighted by Crippen LogP contribution is 2.22. The number of fused-ring (bicyclic) bond motifs is 1. The SMILES string of the molecule is CC(C)COCCCNC(=O)Nc1cccc2ccccc12. The van der Waals surface area contributed by atoms with Gasteiger partial charge in [-0.2, -0.15) is 0 Å². The van der Waals surface area contributed by atoms with Gasteiger partial charge in [-0.25, -0.2) is 4.79 Å². The van der Waals surface area contributed by atoms with Crippen molar-refractivity contribution in [1.29, 1.82) is 0 Å². The quantitative estimate of drug-likeness (QED) is 0.759. The summed E-state index contributed by atoms with van der Waals surface area (Å²) in [5.74, 6) is 0.544. The van der Waals surface area contributed by atoms with Crippen LogP contribution >= 0.6 is 0 Å². The smallest absolute Gasteiger partial charge is 0.319 e. The third-order valence-corrected chi connectivity index (χ3v) is 3.24. The van der Waals surface area contributed by atoms with Crippen molar-refractivity contribution in [3.05, 3.63) is 42.5 Å². The van der Waals surface area contributed by atoms with E-state index in [0.29, 0.717) is 19.1 Å². The fourth-order valence-corrected chi connectivity index (χ4v) is 2.20. The van der Waals surface area contributed by atoms with Crippen LogP contribution < -0.4 is 10.6 Å². The monoisotopic (exact) mass is 300 g/mol. The van der Waals surface area contributed by atoms with Crippen LogP contribution in [0.5, 0.6) is 0 Å². The molecule has 0 unspecified atom stereocenters. The Bertz CT molecular complexity index is 606. The number of urea groups is 1. The molecule has 2 aromatic rings. The number of hydrogen-bond donors (Lipinski definition) is 2. The second-order valence-electron chi connectivity index (χ2n) is 5.73. The molecule has 0 fully saturated rings. The molecule has 0 radical (unpaired) electrons. The van der Waals surface area contributed by atoms with Crippen LogP contribution in [0.15, 0.2) is 42.5 Å². The van der Waals surface area contributed by atoms with Crippen LogP contribution in [0.25, 0.3) is 10.8 Å². The molecule has 2 rings (SSSR count). The molecule has 0 heterocycles. The van der Waals surface area contributed by atoms with Gasteiger partial charge in [0.1, 0.15) is 0 Å². The Labute approximate surface area is 131 Å². The van der Waals surface area contributed by atoms with Crippen LogP contribution in [0.2, 0.25) is 0 Å². The number of hydrogen-bond acceptors (Lipinski definition) is 2. The molecule has 0 aliphatic rings. The lowest BCUT2D eigenvalue weighted by Gasteiger charge is -2.10. The summed E-state index contributed by atoms with van der Waals surface area (Å²) in [5.41, 5.74) is 0.826. The molecule has 4 nitrogen and oxygen atoms in total. The highest BCUT2D eigenvalue weighted by atomic mass is 16.5. The summed E-state index contributed by atoms with van der Waals surface area (Å²) in [6.45, 7) is 6.29. The molecule has 4 heteroatoms. The van der Waals surface area contributed by atoms with E-state index in [9.17, 15) is 4.79 Å². The van der Waals surface area contributed by atoms with E-state index in [-0.39, 0.29) is 6.03 Å². The number of amides is 2. The molecular weight excluding hydrogens is 276 g/mol. The van der Waals surface area contributed by atoms with Crippen LogP contribution in [-0.4, -0.2) is 25.8 Å². The Morgan fingerprint density at radius 3 is 2.73 bits per heavy atom. The van der Waals surface area contributed by atoms with Gasteiger partial charge in [0, 0.05) is 25.1 Å². The molecule has 0 saturated heterocycles. The average Bonchev–Trinajstić information content (AvgIpc) is 2.51. The highest BCUT2D eigenvalue weighted by molar-refractivity contribution is 6.01. The summed E-state index contributed by atoms with van der Waals surface area (Å²) in [7, 11) is 0. The minimum atomic E-state index is -0.180. The molecule has 0 aromatic heterocycles. The van der Waals surface area contributed by atoms with Crippen LogP contribution in [0, 0.1) is 5.92 Å². The number of anilines is 1. The molecule has 2 amide bonds. The van der Waals surface area contributed by atoms with Crippen LogP contribution in [0.4, 0.5) is 10.5 Å². The molecule has 2 N–H and O–H groups in total. The van der Waals surface area contributed by atoms with Crippen molar-refractivity contribution in [2.45, 2.75) is 20.3 Å². The number of nitrogens with one attached hydrogen (secondary N) is 2. The van der Waals surface area contributed by atoms with Gasteiger partial charge in [-0.1, -0.05) is 50.2 Å². The fraction of sp³-hybridized carbons (Fsp3) is 0.389. The number of carbonyl (C=O) groups excluding carboxylic acids is 1. The van der Waals surface area contributed by atoms with Crippen molar-refractivity contribution in [3.8, 4) is 0 Å². The van der Waals surface area contributed by atoms with Crippen LogP contribution in [-0.2, 0) is 4.74 Å². The number of ether oxygens (including phenoxy) is 1. The summed E-state index contributed by atoms with van der Waals surface area (Å²) in [6, 6.07) is 13.7. The van der Waals surface area contributed by atoms with E-state index in [1.807, 2.05) is 42.5 Å². The summed E-state index contributed by atoms with van der Waals surface area (Å²) in [4.78, 5) is 11.9. The van der Waals surface area contributed by atoms with Gasteiger partial charge in [0.15, 0.2) is 0 Å². The Morgan fingerprint density at radius 1 is 1.14 bits per heavy atom. The fourth-order valence-electron chi connectivity index (χ4n) is 2.20. The van der Waals surface area contributed by atoms with Crippen molar-refractivity contribution < 1.29 is 9.53 Å². The maximum absolute atomic E-state index is 11.9. The summed E-state index contributed by atoms with van der Waals surface area (Å²) in [6.07, 6.45) is 0.815. The summed E-state index contributed by atoms with van der Waals surface area (Å²) >= 11 is 0. The van der Waals surface area contributed by atoms with Gasteiger partial charge in [0.2, 0.25) is 0 Å². The minimum Gasteiger partial charge on any atom is -0.381 e. The molecule has 0 spiro atoms. The largest absolute Gasteiger partial charge is 0.381 e. The number of benzene rings is 2. The Hall–Kier alpha value is -2.07. The van der Waals surface area contributed by atoms with Crippen molar-refractivity contribution in [2.24, 2.45) is 5.92 Å². The minimum absolute atomic E-state index is 0.180. The van der Waals surface area contributed by atoms with Gasteiger partial charge in [-0.15, -0.1) is 0 Å². The van der Waals surface area contributed by atoms with Crippen molar-refractivity contribution in [3.63, 3.8) is 0 Å². The summed E-state index contributed by atoms with van der Waals surface area (Å²) < 4.78 is 5.48. The molecule has 0 saturated carbocycles. The zero-order chi connectivity index (χ0) is 15.8. The first kappa shape index (κ1) is 16.3. The van der Waals surface area contributed by atoms with E-state index in [2.05, 4.69) is 24.5 Å². The van der Waals surface area contributed by atoms with E-state index in [1.165, 1.54) is 0 Å². The lowest BCUT2D eigenvalue weighted by atomic mass is 10.1. The van der Waals surface area contributed by atoms with Gasteiger partial charge >= 0.3 is 6.03 Å². The molecule has 2 aromatic carbocycles. The lowest BCUT2D eigenvalue weighted by molar-refractivity contribution is 0.108. The van der Waals surface area contributed by atoms with Crippen molar-refractivity contribution in [2.75, 3.05) is 25.1 Å². The zero-order valence-electron chi connectivity index (χ0n) is 13.3. The van der Waals surface area contributed by atoms with E-state index in [0.717, 1.165) is 29.5 Å². The highest BCUT2D eigenvalue weighted by Gasteiger charge is 2.04. The Morgan fingerprint density at radius 2 is 1.91 bits per heavy atom. The lowest BCUT2D eigenvalue weighted by Crippen LogP contribution is -2.30. The van der Waals surface area contributed by atoms with E-state index in [1.54, 1.807) is 0 Å². The van der Waals surface area contributed by atoms with Gasteiger partial charge < -0.3 is 15.4 Å². The van der Waals surface area contributed by atoms with Crippen LogP contribution in [0.1, 0.15) is 20.3 Å². The molecule has 0 bridgehead atoms. The Balaban J connectivity index is 1.77. The molecule has 118 valence electrons. The maximum Gasteiger partial charge on any atom is 0.319 e. The normalized spacial score (nSPS) is 10.9. The van der Waals surface area contributed by atoms with E-state index in [4.69, 9.17) is 4.74 Å². The molecular formula is C18H24N2O2. The topological polar surface area (TPSA) is 50.4 Å². The predicted molar refractivity (Wildman–Crippen MR) is 91.2 cm³/mol. The van der Waals surface area contributed by atoms with Crippen LogP contribution in [0.3, 0.4) is 0 Å². The number of carbonyl (C=O) groups is 1. The predicted octanol–water partition coefficient (Wildman–Crippen LogP) is 4.02. The first-order valence-corrected chi connectivity index (χ1v) is 7.77. The standard InChI is InChI=1S/C18H24N2O2/c1-14(2)13-22-12-6-11-19-18(21)20-17-10-5-8-15-7-3-4-9-16(15)17/h3-5,7-10,14H,6,11-13H2,1-2H3,(H2,19,20,21). The maximum atomic E-state index is 11.9. The van der Waals surface area contributed by atoms with Gasteiger partial charge in [0.05, 0.1) is 5.69 Å². The van der Waals surface area contributed by atoms with Gasteiger partial charge in [0.25, 0.3) is 0 Å². The molecule has 0 aliphatic carbocycles. The second-order valence-corrected chi connectivity index (χ2v) is 5.73. The van der Waals surface area contributed by atoms with E-state index < -0.39 is 0 Å². The van der Waals surface area contributed by atoms with Crippen molar-refractivity contribution >= 4 is 22.5 Å². The third-order valence-electron chi connectivity index (χ3n) is 3.24. The molecule has 0 aliphatic heterocycles. The van der Waals surface area contributed by atoms with Gasteiger partial charge in [-0.3, -0.25) is 0 Å². The molecule has 0 atom stereocenters. The van der Waals surface area contributed by atoms with Gasteiger partial charge in [-0.05, 0) is 23.8 Å².